The standard InChI is InChI=1S/C10H20N2O/c1-10(2)8(5-9(10)13)12-7-3-4-11-6-7/h7-9,11-13H,3-6H2,1-2H3. The molecule has 0 spiro atoms. The van der Waals surface area contributed by atoms with Gasteiger partial charge < -0.3 is 15.7 Å². The van der Waals surface area contributed by atoms with Gasteiger partial charge >= 0.3 is 0 Å². The number of hydrogen-bond donors (Lipinski definition) is 3. The Labute approximate surface area is 79.9 Å². The van der Waals surface area contributed by atoms with Crippen LogP contribution in [0, 0.1) is 5.41 Å². The molecule has 0 amide bonds. The van der Waals surface area contributed by atoms with Crippen LogP contribution in [-0.2, 0) is 0 Å². The van der Waals surface area contributed by atoms with E-state index in [4.69, 9.17) is 0 Å². The minimum Gasteiger partial charge on any atom is -0.392 e. The van der Waals surface area contributed by atoms with Crippen molar-refractivity contribution in [3.8, 4) is 0 Å². The minimum atomic E-state index is -0.112. The van der Waals surface area contributed by atoms with Crippen LogP contribution in [0.4, 0.5) is 0 Å². The maximum absolute atomic E-state index is 9.56. The van der Waals surface area contributed by atoms with Crippen molar-refractivity contribution in [1.29, 1.82) is 0 Å². The molecule has 3 unspecified atom stereocenters. The molecule has 13 heavy (non-hydrogen) atoms. The van der Waals surface area contributed by atoms with Gasteiger partial charge in [-0.25, -0.2) is 0 Å². The molecule has 1 aliphatic heterocycles. The lowest BCUT2D eigenvalue weighted by atomic mass is 9.64. The van der Waals surface area contributed by atoms with Gasteiger partial charge in [0.2, 0.25) is 0 Å². The van der Waals surface area contributed by atoms with Gasteiger partial charge in [-0.05, 0) is 19.4 Å². The minimum absolute atomic E-state index is 0.0720. The van der Waals surface area contributed by atoms with Gasteiger partial charge in [0.05, 0.1) is 6.10 Å². The molecule has 1 saturated carbocycles. The van der Waals surface area contributed by atoms with Crippen molar-refractivity contribution < 1.29 is 5.11 Å². The second kappa shape index (κ2) is 3.23. The third kappa shape index (κ3) is 1.60. The highest BCUT2D eigenvalue weighted by Gasteiger charge is 2.47. The van der Waals surface area contributed by atoms with E-state index in [1.54, 1.807) is 0 Å². The molecule has 3 N–H and O–H groups in total. The largest absolute Gasteiger partial charge is 0.392 e. The zero-order chi connectivity index (χ0) is 9.47. The van der Waals surface area contributed by atoms with Gasteiger partial charge in [0.25, 0.3) is 0 Å². The summed E-state index contributed by atoms with van der Waals surface area (Å²) in [5.41, 5.74) is 0.0720. The molecule has 1 saturated heterocycles. The third-order valence-corrected chi connectivity index (χ3v) is 3.71. The zero-order valence-electron chi connectivity index (χ0n) is 8.51. The molecule has 0 aromatic rings. The molecule has 1 heterocycles. The van der Waals surface area contributed by atoms with Gasteiger partial charge in [-0.15, -0.1) is 0 Å². The van der Waals surface area contributed by atoms with Crippen LogP contribution in [0.3, 0.4) is 0 Å². The van der Waals surface area contributed by atoms with Crippen LogP contribution in [0.1, 0.15) is 26.7 Å². The molecular formula is C10H20N2O. The summed E-state index contributed by atoms with van der Waals surface area (Å²) in [6.45, 7) is 6.50. The Morgan fingerprint density at radius 1 is 1.46 bits per heavy atom. The summed E-state index contributed by atoms with van der Waals surface area (Å²) in [5, 5.41) is 16.5. The summed E-state index contributed by atoms with van der Waals surface area (Å²) < 4.78 is 0. The van der Waals surface area contributed by atoms with E-state index in [1.165, 1.54) is 6.42 Å². The number of aliphatic hydroxyl groups excluding tert-OH is 1. The normalized spacial score (nSPS) is 43.2. The first-order valence-corrected chi connectivity index (χ1v) is 5.25. The second-order valence-electron chi connectivity index (χ2n) is 4.98. The van der Waals surface area contributed by atoms with Gasteiger partial charge in [0.1, 0.15) is 0 Å². The van der Waals surface area contributed by atoms with Crippen molar-refractivity contribution in [2.75, 3.05) is 13.1 Å². The van der Waals surface area contributed by atoms with E-state index in [1.807, 2.05) is 0 Å². The molecule has 0 aromatic carbocycles. The average Bonchev–Trinajstić information content (AvgIpc) is 2.56. The Kier molecular flexibility index (Phi) is 2.34. The predicted octanol–water partition coefficient (Wildman–Crippen LogP) is 0.0973. The molecule has 3 atom stereocenters. The number of nitrogens with one attached hydrogen (secondary N) is 2. The van der Waals surface area contributed by atoms with E-state index < -0.39 is 0 Å². The van der Waals surface area contributed by atoms with Crippen LogP contribution < -0.4 is 10.6 Å². The molecule has 2 fully saturated rings. The lowest BCUT2D eigenvalue weighted by Crippen LogP contribution is -2.62. The van der Waals surface area contributed by atoms with Crippen molar-refractivity contribution in [2.24, 2.45) is 5.41 Å². The second-order valence-corrected chi connectivity index (χ2v) is 4.98. The van der Waals surface area contributed by atoms with Gasteiger partial charge in [0.15, 0.2) is 0 Å². The van der Waals surface area contributed by atoms with E-state index >= 15 is 0 Å². The van der Waals surface area contributed by atoms with Crippen LogP contribution in [0.5, 0.6) is 0 Å². The Balaban J connectivity index is 1.83. The highest BCUT2D eigenvalue weighted by Crippen LogP contribution is 2.40. The first-order valence-electron chi connectivity index (χ1n) is 5.25. The van der Waals surface area contributed by atoms with Crippen LogP contribution >= 0.6 is 0 Å². The maximum Gasteiger partial charge on any atom is 0.0621 e. The van der Waals surface area contributed by atoms with Crippen molar-refractivity contribution in [1.82, 2.24) is 10.6 Å². The molecule has 76 valence electrons. The molecule has 0 bridgehead atoms. The van der Waals surface area contributed by atoms with Crippen molar-refractivity contribution in [2.45, 2.75) is 44.9 Å². The van der Waals surface area contributed by atoms with E-state index in [0.29, 0.717) is 12.1 Å². The Bertz CT molecular complexity index is 187. The SMILES string of the molecule is CC1(C)C(O)CC1NC1CCNC1. The highest BCUT2D eigenvalue weighted by atomic mass is 16.3. The summed E-state index contributed by atoms with van der Waals surface area (Å²) in [5.74, 6) is 0. The van der Waals surface area contributed by atoms with Crippen molar-refractivity contribution in [3.05, 3.63) is 0 Å². The third-order valence-electron chi connectivity index (χ3n) is 3.71. The number of hydrogen-bond acceptors (Lipinski definition) is 3. The van der Waals surface area contributed by atoms with E-state index in [0.717, 1.165) is 19.5 Å². The molecule has 0 radical (unpaired) electrons. The molecule has 3 nitrogen and oxygen atoms in total. The fourth-order valence-electron chi connectivity index (χ4n) is 2.27. The number of rotatable bonds is 2. The maximum atomic E-state index is 9.56. The average molecular weight is 184 g/mol. The van der Waals surface area contributed by atoms with Gasteiger partial charge in [-0.1, -0.05) is 13.8 Å². The molecule has 0 aromatic heterocycles. The summed E-state index contributed by atoms with van der Waals surface area (Å²) in [6, 6.07) is 1.13. The summed E-state index contributed by atoms with van der Waals surface area (Å²) >= 11 is 0. The van der Waals surface area contributed by atoms with Crippen LogP contribution in [0.2, 0.25) is 0 Å². The first-order chi connectivity index (χ1) is 6.10. The van der Waals surface area contributed by atoms with Gasteiger partial charge in [-0.2, -0.15) is 0 Å². The van der Waals surface area contributed by atoms with Crippen LogP contribution in [-0.4, -0.2) is 36.4 Å². The molecule has 1 aliphatic carbocycles. The topological polar surface area (TPSA) is 44.3 Å². The molecule has 2 aliphatic rings. The molecule has 2 rings (SSSR count). The fraction of sp³-hybridized carbons (Fsp3) is 1.00. The van der Waals surface area contributed by atoms with Crippen molar-refractivity contribution >= 4 is 0 Å². The lowest BCUT2D eigenvalue weighted by molar-refractivity contribution is -0.0752. The molecule has 3 heteroatoms. The van der Waals surface area contributed by atoms with E-state index in [9.17, 15) is 5.11 Å². The summed E-state index contributed by atoms with van der Waals surface area (Å²) in [7, 11) is 0. The first kappa shape index (κ1) is 9.44. The molecular weight excluding hydrogens is 164 g/mol. The van der Waals surface area contributed by atoms with Crippen LogP contribution in [0.25, 0.3) is 0 Å². The zero-order valence-corrected chi connectivity index (χ0v) is 8.51. The van der Waals surface area contributed by atoms with E-state index in [-0.39, 0.29) is 11.5 Å². The Morgan fingerprint density at radius 3 is 2.69 bits per heavy atom. The summed E-state index contributed by atoms with van der Waals surface area (Å²) in [4.78, 5) is 0. The Morgan fingerprint density at radius 2 is 2.23 bits per heavy atom. The monoisotopic (exact) mass is 184 g/mol. The van der Waals surface area contributed by atoms with E-state index in [2.05, 4.69) is 24.5 Å². The lowest BCUT2D eigenvalue weighted by Gasteiger charge is -2.50. The predicted molar refractivity (Wildman–Crippen MR) is 52.6 cm³/mol. The van der Waals surface area contributed by atoms with Gasteiger partial charge in [-0.3, -0.25) is 0 Å². The highest BCUT2D eigenvalue weighted by molar-refractivity contribution is 5.03. The van der Waals surface area contributed by atoms with Crippen LogP contribution in [0.15, 0.2) is 0 Å². The number of aliphatic hydroxyl groups is 1. The smallest absolute Gasteiger partial charge is 0.0621 e. The Hall–Kier alpha value is -0.120. The summed E-state index contributed by atoms with van der Waals surface area (Å²) in [6.07, 6.45) is 2.03. The van der Waals surface area contributed by atoms with Crippen molar-refractivity contribution in [3.63, 3.8) is 0 Å². The quantitative estimate of drug-likeness (QED) is 0.570. The fourth-order valence-corrected chi connectivity index (χ4v) is 2.27. The van der Waals surface area contributed by atoms with Gasteiger partial charge in [0, 0.05) is 24.0 Å².